The van der Waals surface area contributed by atoms with Gasteiger partial charge in [0.25, 0.3) is 5.91 Å². The predicted octanol–water partition coefficient (Wildman–Crippen LogP) is 5.22. The molecule has 0 radical (unpaired) electrons. The van der Waals surface area contributed by atoms with Crippen LogP contribution in [0.3, 0.4) is 0 Å². The van der Waals surface area contributed by atoms with Crippen molar-refractivity contribution < 1.29 is 29.3 Å². The molecule has 0 saturated heterocycles. The second kappa shape index (κ2) is 8.70. The number of anilines is 1. The van der Waals surface area contributed by atoms with E-state index in [0.717, 1.165) is 11.1 Å². The molecule has 0 fully saturated rings. The molecule has 7 nitrogen and oxygen atoms in total. The Morgan fingerprint density at radius 3 is 2.12 bits per heavy atom. The number of carbonyl (C=O) groups excluding carboxylic acids is 1. The van der Waals surface area contributed by atoms with E-state index in [1.165, 1.54) is 12.1 Å². The largest absolute Gasteiger partial charge is 0.507 e. The number of phenols is 1. The lowest BCUT2D eigenvalue weighted by Gasteiger charge is -2.23. The summed E-state index contributed by atoms with van der Waals surface area (Å²) in [5.41, 5.74) is 4.23. The highest BCUT2D eigenvalue weighted by molar-refractivity contribution is 6.07. The molecule has 33 heavy (non-hydrogen) atoms. The van der Waals surface area contributed by atoms with Gasteiger partial charge < -0.3 is 25.0 Å². The fourth-order valence-electron chi connectivity index (χ4n) is 3.61. The van der Waals surface area contributed by atoms with Crippen LogP contribution in [0.5, 0.6) is 23.0 Å². The summed E-state index contributed by atoms with van der Waals surface area (Å²) < 4.78 is 11.6. The molecule has 0 aromatic heterocycles. The molecule has 0 aliphatic carbocycles. The van der Waals surface area contributed by atoms with Gasteiger partial charge in [-0.2, -0.15) is 0 Å². The Kier molecular flexibility index (Phi) is 5.79. The maximum atomic E-state index is 12.8. The Hall–Kier alpha value is -4.26. The summed E-state index contributed by atoms with van der Waals surface area (Å²) in [5, 5.41) is 22.2. The second-order valence-corrected chi connectivity index (χ2v) is 7.83. The number of hydrogen-bond donors (Lipinski definition) is 3. The highest BCUT2D eigenvalue weighted by Crippen LogP contribution is 2.40. The van der Waals surface area contributed by atoms with Crippen LogP contribution in [0, 0.1) is 20.8 Å². The van der Waals surface area contributed by atoms with Gasteiger partial charge >= 0.3 is 5.97 Å². The van der Waals surface area contributed by atoms with Crippen LogP contribution in [0.4, 0.5) is 5.69 Å². The zero-order valence-corrected chi connectivity index (χ0v) is 18.4. The Morgan fingerprint density at radius 2 is 1.52 bits per heavy atom. The van der Waals surface area contributed by atoms with Crippen molar-refractivity contribution in [1.29, 1.82) is 0 Å². The number of hydrogen-bond acceptors (Lipinski definition) is 5. The molecule has 3 aromatic carbocycles. The van der Waals surface area contributed by atoms with Gasteiger partial charge in [0.2, 0.25) is 0 Å². The number of carboxylic acid groups (broad SMARTS) is 1. The van der Waals surface area contributed by atoms with Crippen LogP contribution >= 0.6 is 0 Å². The van der Waals surface area contributed by atoms with Gasteiger partial charge in [-0.25, -0.2) is 4.79 Å². The van der Waals surface area contributed by atoms with E-state index >= 15 is 0 Å². The first-order chi connectivity index (χ1) is 15.7. The first kappa shape index (κ1) is 22.0. The van der Waals surface area contributed by atoms with Crippen LogP contribution < -0.4 is 14.8 Å². The molecule has 0 atom stereocenters. The molecule has 3 N–H and O–H groups in total. The number of carbonyl (C=O) groups is 2. The maximum absolute atomic E-state index is 12.8. The van der Waals surface area contributed by atoms with Crippen LogP contribution in [0.25, 0.3) is 6.08 Å². The highest BCUT2D eigenvalue weighted by atomic mass is 16.5. The van der Waals surface area contributed by atoms with Crippen LogP contribution in [-0.4, -0.2) is 28.7 Å². The van der Waals surface area contributed by atoms with Gasteiger partial charge in [0.1, 0.15) is 29.6 Å². The van der Waals surface area contributed by atoms with Crippen LogP contribution in [0.1, 0.15) is 32.6 Å². The summed E-state index contributed by atoms with van der Waals surface area (Å²) in [5.74, 6) is 0.654. The minimum absolute atomic E-state index is 0.136. The van der Waals surface area contributed by atoms with Crippen molar-refractivity contribution in [2.75, 3.05) is 11.9 Å². The molecule has 0 spiro atoms. The lowest BCUT2D eigenvalue weighted by molar-refractivity contribution is -0.113. The third-order valence-electron chi connectivity index (χ3n) is 5.69. The third-order valence-corrected chi connectivity index (χ3v) is 5.69. The number of aromatic carboxylic acids is 1. The molecule has 1 aliphatic heterocycles. The quantitative estimate of drug-likeness (QED) is 0.497. The molecule has 1 amide bonds. The summed E-state index contributed by atoms with van der Waals surface area (Å²) in [6.07, 6.45) is 1.76. The molecular formula is C26H23NO6. The fourth-order valence-corrected chi connectivity index (χ4v) is 3.61. The average Bonchev–Trinajstić information content (AvgIpc) is 2.82. The Bertz CT molecular complexity index is 1270. The monoisotopic (exact) mass is 445 g/mol. The van der Waals surface area contributed by atoms with Gasteiger partial charge in [0, 0.05) is 16.8 Å². The molecule has 1 heterocycles. The van der Waals surface area contributed by atoms with Crippen LogP contribution in [0.15, 0.2) is 54.1 Å². The number of fused-ring (bicyclic) bond motifs is 1. The number of aromatic hydroxyl groups is 1. The minimum atomic E-state index is -0.999. The van der Waals surface area contributed by atoms with E-state index in [1.54, 1.807) is 49.4 Å². The number of rotatable bonds is 5. The molecule has 0 unspecified atom stereocenters. The van der Waals surface area contributed by atoms with Crippen molar-refractivity contribution in [2.45, 2.75) is 20.8 Å². The summed E-state index contributed by atoms with van der Waals surface area (Å²) in [4.78, 5) is 23.7. The molecule has 0 bridgehead atoms. The standard InChI is InChI=1S/C26H23NO6/c1-14-15(2)24-22(16(3)23(14)28)12-18(13-32-24)25(29)27-19-6-10-21(11-7-19)33-20-8-4-17(5-9-20)26(30)31/h4-12,28H,13H2,1-3H3,(H,27,29)(H,30,31). The Labute approximate surface area is 190 Å². The second-order valence-electron chi connectivity index (χ2n) is 7.83. The van der Waals surface area contributed by atoms with Crippen molar-refractivity contribution >= 4 is 23.6 Å². The van der Waals surface area contributed by atoms with Crippen molar-refractivity contribution in [3.63, 3.8) is 0 Å². The van der Waals surface area contributed by atoms with Gasteiger partial charge in [-0.15, -0.1) is 0 Å². The van der Waals surface area contributed by atoms with E-state index in [1.807, 2.05) is 13.8 Å². The van der Waals surface area contributed by atoms with Crippen molar-refractivity contribution in [3.05, 3.63) is 81.9 Å². The lowest BCUT2D eigenvalue weighted by atomic mass is 9.94. The summed E-state index contributed by atoms with van der Waals surface area (Å²) in [7, 11) is 0. The van der Waals surface area contributed by atoms with Crippen molar-refractivity contribution in [3.8, 4) is 23.0 Å². The maximum Gasteiger partial charge on any atom is 0.335 e. The van der Waals surface area contributed by atoms with Gasteiger partial charge in [-0.05, 0) is 86.5 Å². The van der Waals surface area contributed by atoms with Gasteiger partial charge in [-0.3, -0.25) is 4.79 Å². The fraction of sp³-hybridized carbons (Fsp3) is 0.154. The molecule has 0 saturated carbocycles. The number of carboxylic acids is 1. The number of ether oxygens (including phenoxy) is 2. The first-order valence-corrected chi connectivity index (χ1v) is 10.3. The van der Waals surface area contributed by atoms with E-state index in [0.29, 0.717) is 39.6 Å². The summed E-state index contributed by atoms with van der Waals surface area (Å²) >= 11 is 0. The summed E-state index contributed by atoms with van der Waals surface area (Å²) in [6.45, 7) is 5.66. The van der Waals surface area contributed by atoms with E-state index in [-0.39, 0.29) is 23.8 Å². The Balaban J connectivity index is 1.46. The number of phenolic OH excluding ortho intramolecular Hbond substituents is 1. The smallest absolute Gasteiger partial charge is 0.335 e. The highest BCUT2D eigenvalue weighted by Gasteiger charge is 2.23. The molecule has 7 heteroatoms. The molecule has 1 aliphatic rings. The van der Waals surface area contributed by atoms with Crippen LogP contribution in [-0.2, 0) is 4.79 Å². The number of nitrogens with one attached hydrogen (secondary N) is 1. The van der Waals surface area contributed by atoms with E-state index < -0.39 is 5.97 Å². The third kappa shape index (κ3) is 4.39. The molecule has 4 rings (SSSR count). The normalized spacial score (nSPS) is 12.3. The van der Waals surface area contributed by atoms with Crippen molar-refractivity contribution in [2.24, 2.45) is 0 Å². The number of amides is 1. The lowest BCUT2D eigenvalue weighted by Crippen LogP contribution is -2.22. The van der Waals surface area contributed by atoms with Gasteiger partial charge in [-0.1, -0.05) is 0 Å². The molecular weight excluding hydrogens is 422 g/mol. The topological polar surface area (TPSA) is 105 Å². The van der Waals surface area contributed by atoms with Crippen molar-refractivity contribution in [1.82, 2.24) is 0 Å². The zero-order valence-electron chi connectivity index (χ0n) is 18.4. The Morgan fingerprint density at radius 1 is 0.909 bits per heavy atom. The number of benzene rings is 3. The predicted molar refractivity (Wildman–Crippen MR) is 124 cm³/mol. The van der Waals surface area contributed by atoms with E-state index in [4.69, 9.17) is 14.6 Å². The minimum Gasteiger partial charge on any atom is -0.507 e. The average molecular weight is 445 g/mol. The first-order valence-electron chi connectivity index (χ1n) is 10.3. The molecule has 3 aromatic rings. The van der Waals surface area contributed by atoms with E-state index in [2.05, 4.69) is 5.32 Å². The van der Waals surface area contributed by atoms with Gasteiger partial charge in [0.15, 0.2) is 0 Å². The summed E-state index contributed by atoms with van der Waals surface area (Å²) in [6, 6.07) is 12.9. The van der Waals surface area contributed by atoms with Crippen LogP contribution in [0.2, 0.25) is 0 Å². The SMILES string of the molecule is Cc1c(C)c2c(c(C)c1O)C=C(C(=O)Nc1ccc(Oc3ccc(C(=O)O)cc3)cc1)CO2. The molecule has 168 valence electrons. The van der Waals surface area contributed by atoms with E-state index in [9.17, 15) is 14.7 Å². The zero-order chi connectivity index (χ0) is 23.7. The van der Waals surface area contributed by atoms with Gasteiger partial charge in [0.05, 0.1) is 11.1 Å².